The molecule has 1 aliphatic rings. The van der Waals surface area contributed by atoms with Gasteiger partial charge in [-0.2, -0.15) is 0 Å². The number of nitrogens with one attached hydrogen (secondary N) is 1. The van der Waals surface area contributed by atoms with Gasteiger partial charge in [0.15, 0.2) is 0 Å². The van der Waals surface area contributed by atoms with Gasteiger partial charge in [-0.1, -0.05) is 12.1 Å². The van der Waals surface area contributed by atoms with Gasteiger partial charge < -0.3 is 10.1 Å². The van der Waals surface area contributed by atoms with Crippen LogP contribution in [0.4, 0.5) is 0 Å². The molecule has 0 spiro atoms. The lowest BCUT2D eigenvalue weighted by Crippen LogP contribution is -2.37. The smallest absolute Gasteiger partial charge is 0.216 e. The molecular weight excluding hydrogens is 334 g/mol. The Balaban J connectivity index is 1.55. The highest BCUT2D eigenvalue weighted by molar-refractivity contribution is 7.15. The summed E-state index contributed by atoms with van der Waals surface area (Å²) in [5, 5.41) is 3.94. The van der Waals surface area contributed by atoms with Crippen molar-refractivity contribution in [1.29, 1.82) is 0 Å². The molecule has 0 bridgehead atoms. The van der Waals surface area contributed by atoms with Gasteiger partial charge in [-0.05, 0) is 44.0 Å². The first-order valence-corrected chi connectivity index (χ1v) is 9.52. The first kappa shape index (κ1) is 17.9. The topological polar surface area (TPSA) is 54.5 Å². The first-order valence-electron chi connectivity index (χ1n) is 8.70. The number of thiazole rings is 1. The van der Waals surface area contributed by atoms with Crippen LogP contribution in [0.3, 0.4) is 0 Å². The van der Waals surface area contributed by atoms with Gasteiger partial charge in [0.05, 0.1) is 12.7 Å². The maximum absolute atomic E-state index is 11.0. The molecule has 0 atom stereocenters. The fourth-order valence-corrected chi connectivity index (χ4v) is 4.17. The van der Waals surface area contributed by atoms with Crippen molar-refractivity contribution in [3.05, 3.63) is 35.3 Å². The fourth-order valence-electron chi connectivity index (χ4n) is 3.18. The number of benzene rings is 1. The van der Waals surface area contributed by atoms with E-state index in [-0.39, 0.29) is 5.91 Å². The molecule has 3 rings (SSSR count). The molecular formula is C19H25N3O2S. The predicted molar refractivity (Wildman–Crippen MR) is 101 cm³/mol. The molecule has 25 heavy (non-hydrogen) atoms. The minimum Gasteiger partial charge on any atom is -0.496 e. The van der Waals surface area contributed by atoms with Crippen molar-refractivity contribution >= 4 is 17.2 Å². The summed E-state index contributed by atoms with van der Waals surface area (Å²) in [6.07, 6.45) is 4.26. The van der Waals surface area contributed by atoms with Crippen LogP contribution in [-0.2, 0) is 11.3 Å². The molecule has 1 fully saturated rings. The second-order valence-electron chi connectivity index (χ2n) is 6.49. The lowest BCUT2D eigenvalue weighted by Gasteiger charge is -2.31. The quantitative estimate of drug-likeness (QED) is 0.861. The number of rotatable bonds is 6. The number of carbonyl (C=O) groups is 1. The number of ether oxygens (including phenoxy) is 1. The van der Waals surface area contributed by atoms with Crippen molar-refractivity contribution in [1.82, 2.24) is 15.2 Å². The van der Waals surface area contributed by atoms with E-state index in [9.17, 15) is 4.79 Å². The molecule has 1 saturated heterocycles. The number of hydrogen-bond donors (Lipinski definition) is 1. The van der Waals surface area contributed by atoms with Crippen molar-refractivity contribution in [2.24, 2.45) is 5.92 Å². The van der Waals surface area contributed by atoms with Crippen LogP contribution >= 0.6 is 11.3 Å². The third-order valence-corrected chi connectivity index (χ3v) is 5.63. The summed E-state index contributed by atoms with van der Waals surface area (Å²) in [4.78, 5) is 19.4. The summed E-state index contributed by atoms with van der Waals surface area (Å²) in [5.74, 6) is 1.53. The number of piperidine rings is 1. The van der Waals surface area contributed by atoms with Crippen LogP contribution < -0.4 is 10.1 Å². The molecule has 0 radical (unpaired) electrons. The number of carbonyl (C=O) groups excluding carboxylic acids is 1. The normalized spacial score (nSPS) is 15.9. The molecule has 134 valence electrons. The van der Waals surface area contributed by atoms with Crippen LogP contribution in [0, 0.1) is 5.92 Å². The van der Waals surface area contributed by atoms with Gasteiger partial charge >= 0.3 is 0 Å². The maximum atomic E-state index is 11.0. The summed E-state index contributed by atoms with van der Waals surface area (Å²) in [6, 6.07) is 8.01. The fraction of sp³-hybridized carbons (Fsp3) is 0.474. The van der Waals surface area contributed by atoms with Gasteiger partial charge in [-0.3, -0.25) is 9.69 Å². The average Bonchev–Trinajstić information content (AvgIpc) is 3.09. The lowest BCUT2D eigenvalue weighted by atomic mass is 9.97. The zero-order chi connectivity index (χ0) is 17.6. The van der Waals surface area contributed by atoms with E-state index in [2.05, 4.69) is 21.3 Å². The second-order valence-corrected chi connectivity index (χ2v) is 7.60. The van der Waals surface area contributed by atoms with E-state index >= 15 is 0 Å². The van der Waals surface area contributed by atoms with Crippen LogP contribution in [0.2, 0.25) is 0 Å². The third kappa shape index (κ3) is 4.80. The van der Waals surface area contributed by atoms with Crippen molar-refractivity contribution in [2.45, 2.75) is 26.3 Å². The molecule has 6 heteroatoms. The van der Waals surface area contributed by atoms with Crippen LogP contribution in [0.25, 0.3) is 10.6 Å². The largest absolute Gasteiger partial charge is 0.496 e. The first-order chi connectivity index (χ1) is 12.2. The van der Waals surface area contributed by atoms with Crippen molar-refractivity contribution in [2.75, 3.05) is 26.7 Å². The monoisotopic (exact) mass is 359 g/mol. The second kappa shape index (κ2) is 8.45. The summed E-state index contributed by atoms with van der Waals surface area (Å²) in [7, 11) is 1.69. The van der Waals surface area contributed by atoms with E-state index in [0.717, 1.165) is 55.3 Å². The van der Waals surface area contributed by atoms with Gasteiger partial charge in [0.1, 0.15) is 10.8 Å². The molecule has 1 amide bonds. The molecule has 1 aromatic heterocycles. The summed E-state index contributed by atoms with van der Waals surface area (Å²) < 4.78 is 5.44. The van der Waals surface area contributed by atoms with E-state index in [4.69, 9.17) is 4.74 Å². The highest BCUT2D eigenvalue weighted by Crippen LogP contribution is 2.33. The molecule has 2 heterocycles. The van der Waals surface area contributed by atoms with E-state index < -0.39 is 0 Å². The number of aromatic nitrogens is 1. The zero-order valence-corrected chi connectivity index (χ0v) is 15.6. The number of amides is 1. The Hall–Kier alpha value is -1.92. The van der Waals surface area contributed by atoms with E-state index in [1.165, 1.54) is 4.88 Å². The molecule has 5 nitrogen and oxygen atoms in total. The Labute approximate surface area is 153 Å². The van der Waals surface area contributed by atoms with Crippen LogP contribution in [-0.4, -0.2) is 42.5 Å². The van der Waals surface area contributed by atoms with Gasteiger partial charge in [0.2, 0.25) is 5.91 Å². The Morgan fingerprint density at radius 2 is 2.12 bits per heavy atom. The summed E-state index contributed by atoms with van der Waals surface area (Å²) in [6.45, 7) is 5.48. The van der Waals surface area contributed by atoms with E-state index in [1.807, 2.05) is 24.4 Å². The molecule has 2 aromatic rings. The Bertz CT molecular complexity index is 708. The Morgan fingerprint density at radius 1 is 1.36 bits per heavy atom. The van der Waals surface area contributed by atoms with Crippen molar-refractivity contribution in [3.63, 3.8) is 0 Å². The van der Waals surface area contributed by atoms with E-state index in [0.29, 0.717) is 5.92 Å². The minimum absolute atomic E-state index is 0.0657. The maximum Gasteiger partial charge on any atom is 0.216 e. The van der Waals surface area contributed by atoms with Gasteiger partial charge in [-0.25, -0.2) is 4.98 Å². The molecule has 0 saturated carbocycles. The highest BCUT2D eigenvalue weighted by Gasteiger charge is 2.20. The lowest BCUT2D eigenvalue weighted by molar-refractivity contribution is -0.119. The third-order valence-electron chi connectivity index (χ3n) is 4.62. The van der Waals surface area contributed by atoms with Gasteiger partial charge in [-0.15, -0.1) is 11.3 Å². The van der Waals surface area contributed by atoms with Crippen LogP contribution in [0.15, 0.2) is 30.5 Å². The number of para-hydroxylation sites is 1. The van der Waals surface area contributed by atoms with Crippen molar-refractivity contribution in [3.8, 4) is 16.3 Å². The number of likely N-dealkylation sites (tertiary alicyclic amines) is 1. The Morgan fingerprint density at radius 3 is 2.84 bits per heavy atom. The summed E-state index contributed by atoms with van der Waals surface area (Å²) in [5.41, 5.74) is 1.05. The average molecular weight is 359 g/mol. The number of methoxy groups -OCH3 is 1. The summed E-state index contributed by atoms with van der Waals surface area (Å²) >= 11 is 1.73. The SMILES string of the molecule is COc1ccccc1-c1ncc(CN2CCC(CNC(C)=O)CC2)s1. The standard InChI is InChI=1S/C19H25N3O2S/c1-14(23)20-11-15-7-9-22(10-8-15)13-16-12-21-19(25-16)17-5-3-4-6-18(17)24-2/h3-6,12,15H,7-11,13H2,1-2H3,(H,20,23). The van der Waals surface area contributed by atoms with Gasteiger partial charge in [0, 0.05) is 31.1 Å². The minimum atomic E-state index is 0.0657. The molecule has 0 unspecified atom stereocenters. The molecule has 1 aliphatic heterocycles. The Kier molecular flexibility index (Phi) is 6.04. The van der Waals surface area contributed by atoms with Crippen LogP contribution in [0.5, 0.6) is 5.75 Å². The van der Waals surface area contributed by atoms with E-state index in [1.54, 1.807) is 25.4 Å². The molecule has 1 N–H and O–H groups in total. The number of hydrogen-bond acceptors (Lipinski definition) is 5. The van der Waals surface area contributed by atoms with Crippen molar-refractivity contribution < 1.29 is 9.53 Å². The molecule has 1 aromatic carbocycles. The predicted octanol–water partition coefficient (Wildman–Crippen LogP) is 3.17. The van der Waals surface area contributed by atoms with Gasteiger partial charge in [0.25, 0.3) is 0 Å². The molecule has 0 aliphatic carbocycles. The number of nitrogens with zero attached hydrogens (tertiary/aromatic N) is 2. The zero-order valence-electron chi connectivity index (χ0n) is 14.8. The highest BCUT2D eigenvalue weighted by atomic mass is 32.1. The van der Waals surface area contributed by atoms with Crippen LogP contribution in [0.1, 0.15) is 24.6 Å².